The zero-order chi connectivity index (χ0) is 35.4. The molecule has 0 atom stereocenters. The molecule has 19 heteroatoms. The fourth-order valence-corrected chi connectivity index (χ4v) is 5.90. The first-order chi connectivity index (χ1) is 22.2. The van der Waals surface area contributed by atoms with Crippen LogP contribution in [0.2, 0.25) is 0 Å². The van der Waals surface area contributed by atoms with Gasteiger partial charge in [0.25, 0.3) is 17.7 Å². The van der Waals surface area contributed by atoms with E-state index >= 15 is 0 Å². The first-order valence-electron chi connectivity index (χ1n) is 13.5. The molecule has 1 aliphatic heterocycles. The average molecular weight is 706 g/mol. The largest absolute Gasteiger partial charge is 0.586 e. The molecule has 1 saturated carbocycles. The average Bonchev–Trinajstić information content (AvgIpc) is 3.72. The SMILES string of the molecule is COc1cc(F)c(C(=O)NCC2(S(C)(=O)=O)CC2)cc1C(=O)Nc1cc2c(cc1C(=O)Nc1ccc(F)c(C(F)(F)F)c1)OC(F)(F)O2. The lowest BCUT2D eigenvalue weighted by Crippen LogP contribution is -2.38. The van der Waals surface area contributed by atoms with Crippen LogP contribution in [-0.4, -0.2) is 57.1 Å². The summed E-state index contributed by atoms with van der Waals surface area (Å²) < 4.78 is 133. The van der Waals surface area contributed by atoms with E-state index in [1.54, 1.807) is 0 Å². The molecule has 2 aliphatic rings. The van der Waals surface area contributed by atoms with E-state index in [0.717, 1.165) is 31.6 Å². The smallest absolute Gasteiger partial charge is 0.496 e. The predicted octanol–water partition coefficient (Wildman–Crippen LogP) is 5.13. The molecule has 11 nitrogen and oxygen atoms in total. The molecule has 1 heterocycles. The number of ether oxygens (including phenoxy) is 3. The summed E-state index contributed by atoms with van der Waals surface area (Å²) in [6, 6.07) is 4.36. The van der Waals surface area contributed by atoms with Crippen LogP contribution in [0.3, 0.4) is 0 Å². The first-order valence-corrected chi connectivity index (χ1v) is 15.4. The number of methoxy groups -OCH3 is 1. The number of carbonyl (C=O) groups excluding carboxylic acids is 3. The number of nitrogens with one attached hydrogen (secondary N) is 3. The van der Waals surface area contributed by atoms with Crippen LogP contribution >= 0.6 is 0 Å². The van der Waals surface area contributed by atoms with Crippen molar-refractivity contribution in [3.8, 4) is 17.2 Å². The minimum absolute atomic E-state index is 0.271. The van der Waals surface area contributed by atoms with Gasteiger partial charge in [-0.3, -0.25) is 14.4 Å². The highest BCUT2D eigenvalue weighted by atomic mass is 32.2. The molecule has 0 spiro atoms. The van der Waals surface area contributed by atoms with E-state index < -0.39 is 107 Å². The molecule has 0 unspecified atom stereocenters. The molecule has 3 amide bonds. The van der Waals surface area contributed by atoms with Gasteiger partial charge < -0.3 is 30.2 Å². The lowest BCUT2D eigenvalue weighted by Gasteiger charge is -2.16. The van der Waals surface area contributed by atoms with E-state index in [9.17, 15) is 53.5 Å². The fraction of sp³-hybridized carbons (Fsp3) is 0.276. The maximum absolute atomic E-state index is 14.9. The van der Waals surface area contributed by atoms with Crippen molar-refractivity contribution >= 4 is 38.9 Å². The van der Waals surface area contributed by atoms with Crippen LogP contribution in [-0.2, 0) is 16.0 Å². The quantitative estimate of drug-likeness (QED) is 0.260. The monoisotopic (exact) mass is 705 g/mol. The number of anilines is 2. The second-order valence-corrected chi connectivity index (χ2v) is 13.2. The summed E-state index contributed by atoms with van der Waals surface area (Å²) in [4.78, 5) is 39.5. The molecule has 3 N–H and O–H groups in total. The molecule has 5 rings (SSSR count). The van der Waals surface area contributed by atoms with E-state index in [-0.39, 0.29) is 25.5 Å². The summed E-state index contributed by atoms with van der Waals surface area (Å²) in [7, 11) is -2.51. The summed E-state index contributed by atoms with van der Waals surface area (Å²) in [5.74, 6) is -8.15. The van der Waals surface area contributed by atoms with Crippen molar-refractivity contribution < 1.29 is 67.7 Å². The van der Waals surface area contributed by atoms with E-state index in [1.807, 2.05) is 5.32 Å². The molecule has 0 saturated heterocycles. The Hall–Kier alpha value is -5.07. The molecule has 0 bridgehead atoms. The highest BCUT2D eigenvalue weighted by Crippen LogP contribution is 2.45. The number of halogens is 7. The Morgan fingerprint density at radius 1 is 0.854 bits per heavy atom. The Kier molecular flexibility index (Phi) is 8.47. The lowest BCUT2D eigenvalue weighted by molar-refractivity contribution is -0.286. The van der Waals surface area contributed by atoms with Gasteiger partial charge in [-0.25, -0.2) is 17.2 Å². The van der Waals surface area contributed by atoms with Crippen LogP contribution in [0.4, 0.5) is 42.1 Å². The molecular formula is C29H22F7N3O8S. The first kappa shape index (κ1) is 34.3. The molecule has 256 valence electrons. The van der Waals surface area contributed by atoms with E-state index in [2.05, 4.69) is 20.1 Å². The van der Waals surface area contributed by atoms with Gasteiger partial charge in [0.1, 0.15) is 17.4 Å². The summed E-state index contributed by atoms with van der Waals surface area (Å²) >= 11 is 0. The standard InChI is InChI=1S/C29H22F7N3O8S/c1-45-21-10-19(31)14(24(40)37-12-27(5-6-27)48(2,43)44)8-16(21)26(42)39-20-11-23-22(46-29(35,36)47-23)9-15(20)25(41)38-13-3-4-18(30)17(7-13)28(32,33)34/h3-4,7-11H,5-6,12H2,1-2H3,(H,37,40)(H,38,41)(H,39,42). The van der Waals surface area contributed by atoms with Gasteiger partial charge in [-0.15, -0.1) is 8.78 Å². The molecule has 3 aromatic carbocycles. The second-order valence-electron chi connectivity index (χ2n) is 10.8. The minimum atomic E-state index is -5.13. The highest BCUT2D eigenvalue weighted by Gasteiger charge is 2.52. The van der Waals surface area contributed by atoms with Crippen LogP contribution in [0.5, 0.6) is 17.2 Å². The van der Waals surface area contributed by atoms with Crippen molar-refractivity contribution in [2.24, 2.45) is 0 Å². The van der Waals surface area contributed by atoms with Crippen molar-refractivity contribution in [3.63, 3.8) is 0 Å². The van der Waals surface area contributed by atoms with Crippen LogP contribution in [0.25, 0.3) is 0 Å². The summed E-state index contributed by atoms with van der Waals surface area (Å²) in [6.45, 7) is -0.337. The molecule has 1 fully saturated rings. The third-order valence-corrected chi connectivity index (χ3v) is 9.63. The maximum Gasteiger partial charge on any atom is 0.586 e. The zero-order valence-corrected chi connectivity index (χ0v) is 25.3. The minimum Gasteiger partial charge on any atom is -0.496 e. The van der Waals surface area contributed by atoms with Crippen molar-refractivity contribution in [1.82, 2.24) is 5.32 Å². The molecule has 3 aromatic rings. The van der Waals surface area contributed by atoms with Gasteiger partial charge in [0, 0.05) is 30.6 Å². The molecular weight excluding hydrogens is 683 g/mol. The van der Waals surface area contributed by atoms with Crippen molar-refractivity contribution in [2.45, 2.75) is 30.1 Å². The normalized spacial score (nSPS) is 15.8. The Morgan fingerprint density at radius 3 is 2.06 bits per heavy atom. The number of amides is 3. The number of sulfone groups is 1. The lowest BCUT2D eigenvalue weighted by atomic mass is 10.1. The van der Waals surface area contributed by atoms with E-state index in [1.165, 1.54) is 0 Å². The van der Waals surface area contributed by atoms with Gasteiger partial charge in [-0.1, -0.05) is 0 Å². The predicted molar refractivity (Wildman–Crippen MR) is 152 cm³/mol. The maximum atomic E-state index is 14.9. The van der Waals surface area contributed by atoms with Crippen molar-refractivity contribution in [2.75, 3.05) is 30.5 Å². The number of fused-ring (bicyclic) bond motifs is 1. The number of hydrogen-bond donors (Lipinski definition) is 3. The Morgan fingerprint density at radius 2 is 1.48 bits per heavy atom. The summed E-state index contributed by atoms with van der Waals surface area (Å²) in [5.41, 5.74) is -4.73. The van der Waals surface area contributed by atoms with Gasteiger partial charge in [-0.05, 0) is 43.2 Å². The van der Waals surface area contributed by atoms with Crippen LogP contribution in [0.1, 0.15) is 49.5 Å². The zero-order valence-electron chi connectivity index (χ0n) is 24.5. The summed E-state index contributed by atoms with van der Waals surface area (Å²) in [6.07, 6.45) is -7.80. The van der Waals surface area contributed by atoms with Gasteiger partial charge in [0.15, 0.2) is 21.3 Å². The Bertz CT molecular complexity index is 1960. The van der Waals surface area contributed by atoms with Gasteiger partial charge in [0.2, 0.25) is 0 Å². The van der Waals surface area contributed by atoms with E-state index in [0.29, 0.717) is 18.2 Å². The number of rotatable bonds is 9. The summed E-state index contributed by atoms with van der Waals surface area (Å²) in [5, 5.41) is 6.58. The third-order valence-electron chi connectivity index (χ3n) is 7.51. The number of hydrogen-bond acceptors (Lipinski definition) is 8. The van der Waals surface area contributed by atoms with Gasteiger partial charge in [0.05, 0.1) is 39.8 Å². The van der Waals surface area contributed by atoms with Gasteiger partial charge in [-0.2, -0.15) is 13.2 Å². The molecule has 48 heavy (non-hydrogen) atoms. The number of carbonyl (C=O) groups is 3. The van der Waals surface area contributed by atoms with Crippen molar-refractivity contribution in [3.05, 3.63) is 76.4 Å². The van der Waals surface area contributed by atoms with Gasteiger partial charge >= 0.3 is 12.5 Å². The Balaban J connectivity index is 1.47. The third kappa shape index (κ3) is 6.80. The van der Waals surface area contributed by atoms with Crippen LogP contribution in [0, 0.1) is 11.6 Å². The highest BCUT2D eigenvalue weighted by molar-refractivity contribution is 7.92. The number of benzene rings is 3. The van der Waals surface area contributed by atoms with Crippen LogP contribution < -0.4 is 30.2 Å². The fourth-order valence-electron chi connectivity index (χ4n) is 4.73. The topological polar surface area (TPSA) is 149 Å². The van der Waals surface area contributed by atoms with Crippen molar-refractivity contribution in [1.29, 1.82) is 0 Å². The van der Waals surface area contributed by atoms with Crippen LogP contribution in [0.15, 0.2) is 42.5 Å². The number of alkyl halides is 5. The molecule has 1 aliphatic carbocycles. The Labute approximate surface area is 266 Å². The molecule has 0 aromatic heterocycles. The van der Waals surface area contributed by atoms with E-state index in [4.69, 9.17) is 4.74 Å². The second kappa shape index (κ2) is 11.9. The molecule has 0 radical (unpaired) electrons.